The van der Waals surface area contributed by atoms with Crippen LogP contribution in [-0.4, -0.2) is 31.2 Å². The maximum atomic E-state index is 11.3. The summed E-state index contributed by atoms with van der Waals surface area (Å²) in [5.41, 5.74) is 0.222. The SMILES string of the molecule is CCCCN(C)c1nc(C(=O)OCC)co1. The Balaban J connectivity index is 2.59. The third-order valence-electron chi connectivity index (χ3n) is 2.15. The van der Waals surface area contributed by atoms with E-state index in [2.05, 4.69) is 11.9 Å². The van der Waals surface area contributed by atoms with Gasteiger partial charge in [0.2, 0.25) is 0 Å². The van der Waals surface area contributed by atoms with Crippen molar-refractivity contribution >= 4 is 12.0 Å². The number of hydrogen-bond acceptors (Lipinski definition) is 5. The van der Waals surface area contributed by atoms with E-state index >= 15 is 0 Å². The molecule has 0 aliphatic heterocycles. The van der Waals surface area contributed by atoms with Gasteiger partial charge >= 0.3 is 5.97 Å². The van der Waals surface area contributed by atoms with E-state index in [4.69, 9.17) is 9.15 Å². The summed E-state index contributed by atoms with van der Waals surface area (Å²) in [7, 11) is 1.89. The van der Waals surface area contributed by atoms with Gasteiger partial charge in [0, 0.05) is 13.6 Å². The number of rotatable bonds is 6. The summed E-state index contributed by atoms with van der Waals surface area (Å²) in [6, 6.07) is 0.455. The van der Waals surface area contributed by atoms with E-state index in [9.17, 15) is 4.79 Å². The van der Waals surface area contributed by atoms with E-state index in [1.807, 2.05) is 11.9 Å². The van der Waals surface area contributed by atoms with Crippen LogP contribution in [0.5, 0.6) is 0 Å². The summed E-state index contributed by atoms with van der Waals surface area (Å²) in [5, 5.41) is 0. The summed E-state index contributed by atoms with van der Waals surface area (Å²) in [4.78, 5) is 17.3. The average Bonchev–Trinajstić information content (AvgIpc) is 2.75. The smallest absolute Gasteiger partial charge is 0.360 e. The molecule has 0 aromatic carbocycles. The van der Waals surface area contributed by atoms with Gasteiger partial charge in [-0.2, -0.15) is 4.98 Å². The molecule has 1 aromatic heterocycles. The highest BCUT2D eigenvalue weighted by Gasteiger charge is 2.15. The molecule has 0 radical (unpaired) electrons. The normalized spacial score (nSPS) is 10.2. The Morgan fingerprint density at radius 1 is 1.56 bits per heavy atom. The average molecular weight is 226 g/mol. The number of esters is 1. The van der Waals surface area contributed by atoms with Crippen LogP contribution in [0.2, 0.25) is 0 Å². The van der Waals surface area contributed by atoms with Crippen LogP contribution in [0.1, 0.15) is 37.2 Å². The minimum Gasteiger partial charge on any atom is -0.461 e. The standard InChI is InChI=1S/C11H18N2O3/c1-4-6-7-13(3)11-12-9(8-16-11)10(14)15-5-2/h8H,4-7H2,1-3H3. The van der Waals surface area contributed by atoms with Crippen molar-refractivity contribution in [1.29, 1.82) is 0 Å². The van der Waals surface area contributed by atoms with E-state index in [1.165, 1.54) is 6.26 Å². The molecule has 16 heavy (non-hydrogen) atoms. The van der Waals surface area contributed by atoms with E-state index in [1.54, 1.807) is 6.92 Å². The molecule has 5 heteroatoms. The maximum absolute atomic E-state index is 11.3. The summed E-state index contributed by atoms with van der Waals surface area (Å²) in [6.07, 6.45) is 3.50. The Morgan fingerprint density at radius 2 is 2.31 bits per heavy atom. The molecule has 0 saturated carbocycles. The lowest BCUT2D eigenvalue weighted by atomic mass is 10.3. The van der Waals surface area contributed by atoms with Gasteiger partial charge in [-0.1, -0.05) is 13.3 Å². The molecule has 5 nitrogen and oxygen atoms in total. The lowest BCUT2D eigenvalue weighted by Gasteiger charge is -2.12. The summed E-state index contributed by atoms with van der Waals surface area (Å²) < 4.78 is 10.0. The highest BCUT2D eigenvalue weighted by atomic mass is 16.5. The fourth-order valence-corrected chi connectivity index (χ4v) is 1.23. The highest BCUT2D eigenvalue weighted by molar-refractivity contribution is 5.87. The monoisotopic (exact) mass is 226 g/mol. The molecule has 1 aromatic rings. The van der Waals surface area contributed by atoms with Gasteiger partial charge in [0.25, 0.3) is 6.01 Å². The van der Waals surface area contributed by atoms with Crippen LogP contribution in [0.15, 0.2) is 10.7 Å². The number of anilines is 1. The van der Waals surface area contributed by atoms with Crippen LogP contribution in [0.3, 0.4) is 0 Å². The Hall–Kier alpha value is -1.52. The predicted octanol–water partition coefficient (Wildman–Crippen LogP) is 2.09. The van der Waals surface area contributed by atoms with E-state index in [0.29, 0.717) is 12.6 Å². The van der Waals surface area contributed by atoms with Crippen molar-refractivity contribution in [2.75, 3.05) is 25.1 Å². The van der Waals surface area contributed by atoms with Gasteiger partial charge < -0.3 is 14.1 Å². The Morgan fingerprint density at radius 3 is 2.94 bits per heavy atom. The van der Waals surface area contributed by atoms with Crippen molar-refractivity contribution in [2.24, 2.45) is 0 Å². The van der Waals surface area contributed by atoms with Crippen LogP contribution in [0.25, 0.3) is 0 Å². The first-order valence-electron chi connectivity index (χ1n) is 5.52. The Kier molecular flexibility index (Phi) is 4.82. The molecule has 90 valence electrons. The molecule has 0 aliphatic rings. The summed E-state index contributed by atoms with van der Waals surface area (Å²) in [6.45, 7) is 5.08. The fourth-order valence-electron chi connectivity index (χ4n) is 1.23. The highest BCUT2D eigenvalue weighted by Crippen LogP contribution is 2.13. The van der Waals surface area contributed by atoms with E-state index in [0.717, 1.165) is 19.4 Å². The molecule has 1 heterocycles. The predicted molar refractivity (Wildman–Crippen MR) is 60.6 cm³/mol. The number of carbonyl (C=O) groups is 1. The first-order chi connectivity index (χ1) is 7.69. The molecule has 0 N–H and O–H groups in total. The first-order valence-corrected chi connectivity index (χ1v) is 5.52. The topological polar surface area (TPSA) is 55.6 Å². The quantitative estimate of drug-likeness (QED) is 0.695. The minimum atomic E-state index is -0.443. The van der Waals surface area contributed by atoms with Crippen molar-refractivity contribution in [1.82, 2.24) is 4.98 Å². The third kappa shape index (κ3) is 3.25. The van der Waals surface area contributed by atoms with E-state index in [-0.39, 0.29) is 5.69 Å². The molecular weight excluding hydrogens is 208 g/mol. The largest absolute Gasteiger partial charge is 0.461 e. The van der Waals surface area contributed by atoms with Gasteiger partial charge in [0.15, 0.2) is 5.69 Å². The Labute approximate surface area is 95.4 Å². The first kappa shape index (κ1) is 12.5. The summed E-state index contributed by atoms with van der Waals surface area (Å²) in [5.74, 6) is -0.443. The number of unbranched alkanes of at least 4 members (excludes halogenated alkanes) is 1. The zero-order chi connectivity index (χ0) is 12.0. The van der Waals surface area contributed by atoms with Gasteiger partial charge in [-0.15, -0.1) is 0 Å². The van der Waals surface area contributed by atoms with Gasteiger partial charge in [0.05, 0.1) is 6.61 Å². The number of carbonyl (C=O) groups excluding carboxylic acids is 1. The van der Waals surface area contributed by atoms with E-state index < -0.39 is 5.97 Å². The lowest BCUT2D eigenvalue weighted by Crippen LogP contribution is -2.18. The van der Waals surface area contributed by atoms with Crippen molar-refractivity contribution in [2.45, 2.75) is 26.7 Å². The molecule has 0 bridgehead atoms. The third-order valence-corrected chi connectivity index (χ3v) is 2.15. The second kappa shape index (κ2) is 6.15. The minimum absolute atomic E-state index is 0.222. The number of ether oxygens (including phenoxy) is 1. The molecular formula is C11H18N2O3. The van der Waals surface area contributed by atoms with Crippen molar-refractivity contribution in [3.05, 3.63) is 12.0 Å². The molecule has 0 amide bonds. The van der Waals surface area contributed by atoms with Gasteiger partial charge in [-0.05, 0) is 13.3 Å². The van der Waals surface area contributed by atoms with Gasteiger partial charge in [-0.25, -0.2) is 4.79 Å². The van der Waals surface area contributed by atoms with Crippen LogP contribution in [-0.2, 0) is 4.74 Å². The Bertz CT molecular complexity index is 336. The fraction of sp³-hybridized carbons (Fsp3) is 0.636. The van der Waals surface area contributed by atoms with Crippen LogP contribution in [0, 0.1) is 0 Å². The number of hydrogen-bond donors (Lipinski definition) is 0. The second-order valence-corrected chi connectivity index (χ2v) is 3.51. The van der Waals surface area contributed by atoms with Gasteiger partial charge in [0.1, 0.15) is 6.26 Å². The lowest BCUT2D eigenvalue weighted by molar-refractivity contribution is 0.0519. The van der Waals surface area contributed by atoms with Crippen LogP contribution in [0.4, 0.5) is 6.01 Å². The zero-order valence-electron chi connectivity index (χ0n) is 10.0. The number of nitrogens with zero attached hydrogens (tertiary/aromatic N) is 2. The van der Waals surface area contributed by atoms with Crippen molar-refractivity contribution in [3.63, 3.8) is 0 Å². The van der Waals surface area contributed by atoms with Gasteiger partial charge in [-0.3, -0.25) is 0 Å². The van der Waals surface area contributed by atoms with Crippen molar-refractivity contribution in [3.8, 4) is 0 Å². The molecule has 0 saturated heterocycles. The summed E-state index contributed by atoms with van der Waals surface area (Å²) >= 11 is 0. The molecule has 1 rings (SSSR count). The van der Waals surface area contributed by atoms with Crippen molar-refractivity contribution < 1.29 is 13.9 Å². The number of aromatic nitrogens is 1. The maximum Gasteiger partial charge on any atom is 0.360 e. The molecule has 0 fully saturated rings. The zero-order valence-corrected chi connectivity index (χ0v) is 10.0. The second-order valence-electron chi connectivity index (χ2n) is 3.51. The molecule has 0 atom stereocenters. The molecule has 0 unspecified atom stereocenters. The molecule has 0 spiro atoms. The molecule has 0 aliphatic carbocycles. The van der Waals surface area contributed by atoms with Crippen LogP contribution < -0.4 is 4.90 Å². The number of oxazole rings is 1. The van der Waals surface area contributed by atoms with Crippen LogP contribution >= 0.6 is 0 Å².